The van der Waals surface area contributed by atoms with E-state index in [1.165, 1.54) is 26.4 Å². The summed E-state index contributed by atoms with van der Waals surface area (Å²) in [6.45, 7) is -1.29. The predicted molar refractivity (Wildman–Crippen MR) is 65.4 cm³/mol. The molecule has 0 spiro atoms. The number of benzene rings is 1. The number of rotatable bonds is 5. The van der Waals surface area contributed by atoms with E-state index in [9.17, 15) is 18.0 Å². The lowest BCUT2D eigenvalue weighted by Crippen LogP contribution is -2.22. The first-order chi connectivity index (χ1) is 9.32. The Morgan fingerprint density at radius 3 is 2.15 bits per heavy atom. The van der Waals surface area contributed by atoms with Crippen LogP contribution in [0.1, 0.15) is 10.4 Å². The average Bonchev–Trinajstić information content (AvgIpc) is 2.42. The molecular formula is C12H14F3NO4. The van der Waals surface area contributed by atoms with Crippen LogP contribution in [-0.2, 0) is 4.74 Å². The van der Waals surface area contributed by atoms with E-state index in [-0.39, 0.29) is 22.7 Å². The van der Waals surface area contributed by atoms with Crippen molar-refractivity contribution in [2.75, 3.05) is 33.2 Å². The minimum absolute atomic E-state index is 0.0492. The standard InChI is InChI=1S/C12H14F3NO4/c1-18-9-4-7(11(17)20-3)8(5-10(9)19-2)16-6-12(13,14)15/h4-5,16H,6H2,1-3H3. The summed E-state index contributed by atoms with van der Waals surface area (Å²) >= 11 is 0. The van der Waals surface area contributed by atoms with Crippen molar-refractivity contribution in [3.8, 4) is 11.5 Å². The largest absolute Gasteiger partial charge is 0.493 e. The molecule has 0 heterocycles. The van der Waals surface area contributed by atoms with Gasteiger partial charge in [-0.3, -0.25) is 0 Å². The summed E-state index contributed by atoms with van der Waals surface area (Å²) in [5.74, 6) is -0.370. The van der Waals surface area contributed by atoms with Crippen molar-refractivity contribution < 1.29 is 32.2 Å². The van der Waals surface area contributed by atoms with Crippen molar-refractivity contribution in [2.45, 2.75) is 6.18 Å². The topological polar surface area (TPSA) is 56.8 Å². The fourth-order valence-electron chi connectivity index (χ4n) is 1.50. The second-order valence-electron chi connectivity index (χ2n) is 3.71. The zero-order valence-corrected chi connectivity index (χ0v) is 11.1. The van der Waals surface area contributed by atoms with Crippen molar-refractivity contribution in [1.29, 1.82) is 0 Å². The van der Waals surface area contributed by atoms with Gasteiger partial charge in [-0.05, 0) is 0 Å². The summed E-state index contributed by atoms with van der Waals surface area (Å²) in [6, 6.07) is 2.50. The van der Waals surface area contributed by atoms with Gasteiger partial charge in [0.25, 0.3) is 0 Å². The van der Waals surface area contributed by atoms with Crippen molar-refractivity contribution in [1.82, 2.24) is 0 Å². The maximum absolute atomic E-state index is 12.2. The number of methoxy groups -OCH3 is 3. The molecule has 0 aromatic heterocycles. The van der Waals surface area contributed by atoms with Crippen LogP contribution in [0.15, 0.2) is 12.1 Å². The first-order valence-corrected chi connectivity index (χ1v) is 5.47. The van der Waals surface area contributed by atoms with Gasteiger partial charge in [0, 0.05) is 12.1 Å². The van der Waals surface area contributed by atoms with Crippen LogP contribution in [0.4, 0.5) is 18.9 Å². The molecule has 0 saturated heterocycles. The lowest BCUT2D eigenvalue weighted by Gasteiger charge is -2.16. The maximum atomic E-state index is 12.2. The SMILES string of the molecule is COC(=O)c1cc(OC)c(OC)cc1NCC(F)(F)F. The fourth-order valence-corrected chi connectivity index (χ4v) is 1.50. The van der Waals surface area contributed by atoms with Crippen LogP contribution in [0.3, 0.4) is 0 Å². The van der Waals surface area contributed by atoms with Crippen LogP contribution in [0, 0.1) is 0 Å². The quantitative estimate of drug-likeness (QED) is 0.845. The van der Waals surface area contributed by atoms with Crippen LogP contribution in [0.25, 0.3) is 0 Å². The Bertz CT molecular complexity index is 488. The van der Waals surface area contributed by atoms with E-state index < -0.39 is 18.7 Å². The smallest absolute Gasteiger partial charge is 0.405 e. The molecular weight excluding hydrogens is 279 g/mol. The van der Waals surface area contributed by atoms with Gasteiger partial charge < -0.3 is 19.5 Å². The highest BCUT2D eigenvalue weighted by Crippen LogP contribution is 2.34. The van der Waals surface area contributed by atoms with E-state index in [4.69, 9.17) is 9.47 Å². The summed E-state index contributed by atoms with van der Waals surface area (Å²) in [7, 11) is 3.82. The highest BCUT2D eigenvalue weighted by atomic mass is 19.4. The van der Waals surface area contributed by atoms with Crippen LogP contribution in [0.2, 0.25) is 0 Å². The van der Waals surface area contributed by atoms with E-state index in [0.717, 1.165) is 7.11 Å². The van der Waals surface area contributed by atoms with Gasteiger partial charge in [-0.25, -0.2) is 4.79 Å². The molecule has 5 nitrogen and oxygen atoms in total. The first-order valence-electron chi connectivity index (χ1n) is 5.47. The van der Waals surface area contributed by atoms with Crippen molar-refractivity contribution in [2.24, 2.45) is 0 Å². The maximum Gasteiger partial charge on any atom is 0.405 e. The Morgan fingerprint density at radius 1 is 1.15 bits per heavy atom. The highest BCUT2D eigenvalue weighted by molar-refractivity contribution is 5.96. The van der Waals surface area contributed by atoms with Crippen molar-refractivity contribution in [3.63, 3.8) is 0 Å². The van der Waals surface area contributed by atoms with E-state index in [0.29, 0.717) is 0 Å². The number of hydrogen-bond acceptors (Lipinski definition) is 5. The zero-order valence-electron chi connectivity index (χ0n) is 11.1. The highest BCUT2D eigenvalue weighted by Gasteiger charge is 2.28. The summed E-state index contributed by atoms with van der Waals surface area (Å²) in [5, 5.41) is 2.13. The average molecular weight is 293 g/mol. The molecule has 0 aliphatic heterocycles. The third-order valence-electron chi connectivity index (χ3n) is 2.41. The Morgan fingerprint density at radius 2 is 1.70 bits per heavy atom. The minimum Gasteiger partial charge on any atom is -0.493 e. The normalized spacial score (nSPS) is 10.9. The monoisotopic (exact) mass is 293 g/mol. The van der Waals surface area contributed by atoms with Crippen LogP contribution >= 0.6 is 0 Å². The van der Waals surface area contributed by atoms with Crippen molar-refractivity contribution >= 4 is 11.7 Å². The van der Waals surface area contributed by atoms with Gasteiger partial charge in [-0.15, -0.1) is 0 Å². The number of anilines is 1. The summed E-state index contributed by atoms with van der Waals surface area (Å²) in [4.78, 5) is 11.6. The zero-order chi connectivity index (χ0) is 15.3. The molecule has 20 heavy (non-hydrogen) atoms. The van der Waals surface area contributed by atoms with Crippen LogP contribution in [-0.4, -0.2) is 40.0 Å². The van der Waals surface area contributed by atoms with Crippen LogP contribution in [0.5, 0.6) is 11.5 Å². The van der Waals surface area contributed by atoms with Gasteiger partial charge in [0.2, 0.25) is 0 Å². The molecule has 0 bridgehead atoms. The number of carbonyl (C=O) groups is 1. The van der Waals surface area contributed by atoms with Gasteiger partial charge in [0.05, 0.1) is 32.6 Å². The van der Waals surface area contributed by atoms with Gasteiger partial charge >= 0.3 is 12.1 Å². The van der Waals surface area contributed by atoms with Gasteiger partial charge in [-0.1, -0.05) is 0 Å². The Hall–Kier alpha value is -2.12. The molecule has 0 amide bonds. The third kappa shape index (κ3) is 3.94. The van der Waals surface area contributed by atoms with Gasteiger partial charge in [-0.2, -0.15) is 13.2 Å². The number of carbonyl (C=O) groups excluding carboxylic acids is 1. The molecule has 1 aromatic carbocycles. The lowest BCUT2D eigenvalue weighted by atomic mass is 10.1. The van der Waals surface area contributed by atoms with Crippen molar-refractivity contribution in [3.05, 3.63) is 17.7 Å². The number of nitrogens with one attached hydrogen (secondary N) is 1. The Labute approximate surface area is 113 Å². The lowest BCUT2D eigenvalue weighted by molar-refractivity contribution is -0.115. The summed E-state index contributed by atoms with van der Waals surface area (Å²) < 4.78 is 51.2. The molecule has 1 rings (SSSR count). The molecule has 1 aromatic rings. The number of alkyl halides is 3. The van der Waals surface area contributed by atoms with Gasteiger partial charge in [0.15, 0.2) is 11.5 Å². The first kappa shape index (κ1) is 15.9. The number of halogens is 3. The molecule has 0 aliphatic rings. The fraction of sp³-hybridized carbons (Fsp3) is 0.417. The van der Waals surface area contributed by atoms with E-state index in [2.05, 4.69) is 10.1 Å². The van der Waals surface area contributed by atoms with Gasteiger partial charge in [0.1, 0.15) is 6.54 Å². The Balaban J connectivity index is 3.20. The molecule has 8 heteroatoms. The summed E-state index contributed by atoms with van der Waals surface area (Å²) in [5.41, 5.74) is -0.124. The van der Waals surface area contributed by atoms with Crippen LogP contribution < -0.4 is 14.8 Å². The summed E-state index contributed by atoms with van der Waals surface area (Å²) in [6.07, 6.45) is -4.42. The number of ether oxygens (including phenoxy) is 3. The molecule has 0 atom stereocenters. The van der Waals surface area contributed by atoms with E-state index in [1.54, 1.807) is 0 Å². The Kier molecular flexibility index (Phi) is 5.06. The molecule has 0 radical (unpaired) electrons. The molecule has 1 N–H and O–H groups in total. The van der Waals surface area contributed by atoms with E-state index in [1.807, 2.05) is 0 Å². The number of hydrogen-bond donors (Lipinski definition) is 1. The molecule has 112 valence electrons. The molecule has 0 saturated carbocycles. The second-order valence-corrected chi connectivity index (χ2v) is 3.71. The second kappa shape index (κ2) is 6.36. The molecule has 0 fully saturated rings. The predicted octanol–water partition coefficient (Wildman–Crippen LogP) is 2.46. The third-order valence-corrected chi connectivity index (χ3v) is 2.41. The number of esters is 1. The minimum atomic E-state index is -4.42. The molecule has 0 aliphatic carbocycles. The molecule has 0 unspecified atom stereocenters. The van der Waals surface area contributed by atoms with E-state index >= 15 is 0 Å².